The average molecular weight is 481 g/mol. The van der Waals surface area contributed by atoms with Crippen LogP contribution in [0.1, 0.15) is 21.5 Å². The number of amides is 1. The lowest BCUT2D eigenvalue weighted by Crippen LogP contribution is -2.16. The monoisotopic (exact) mass is 481 g/mol. The molecule has 0 aliphatic heterocycles. The van der Waals surface area contributed by atoms with Crippen molar-refractivity contribution in [1.82, 2.24) is 15.0 Å². The van der Waals surface area contributed by atoms with Crippen LogP contribution in [0.5, 0.6) is 0 Å². The van der Waals surface area contributed by atoms with Crippen molar-refractivity contribution in [2.45, 2.75) is 12.7 Å². The van der Waals surface area contributed by atoms with E-state index >= 15 is 0 Å². The third-order valence-corrected chi connectivity index (χ3v) is 5.20. The van der Waals surface area contributed by atoms with Gasteiger partial charge in [-0.1, -0.05) is 18.0 Å². The smallest absolute Gasteiger partial charge is 0.366 e. The Balaban J connectivity index is 1.90. The number of alkyl halides is 3. The molecule has 0 fully saturated rings. The molecule has 4 N–H and O–H groups in total. The summed E-state index contributed by atoms with van der Waals surface area (Å²) in [6.45, 7) is -0.00469. The number of carbonyl (C=O) groups is 1. The first kappa shape index (κ1) is 24.0. The first-order valence-electron chi connectivity index (χ1n) is 9.36. The van der Waals surface area contributed by atoms with Crippen molar-refractivity contribution in [3.8, 4) is 0 Å². The van der Waals surface area contributed by atoms with Gasteiger partial charge in [0.2, 0.25) is 11.9 Å². The second-order valence-electron chi connectivity index (χ2n) is 6.66. The van der Waals surface area contributed by atoms with Gasteiger partial charge in [-0.15, -0.1) is 0 Å². The number of nitrogens with zero attached hydrogens (tertiary/aromatic N) is 4. The molecule has 0 radical (unpaired) electrons. The van der Waals surface area contributed by atoms with Crippen LogP contribution in [-0.2, 0) is 12.7 Å². The van der Waals surface area contributed by atoms with Gasteiger partial charge in [0.05, 0.1) is 5.69 Å². The van der Waals surface area contributed by atoms with E-state index < -0.39 is 29.3 Å². The van der Waals surface area contributed by atoms with Crippen LogP contribution < -0.4 is 20.7 Å². The maximum Gasteiger partial charge on any atom is 0.421 e. The van der Waals surface area contributed by atoms with Gasteiger partial charge in [0, 0.05) is 43.4 Å². The minimum atomic E-state index is -4.72. The van der Waals surface area contributed by atoms with Crippen LogP contribution in [0, 0.1) is 5.82 Å². The molecule has 1 aromatic carbocycles. The molecule has 33 heavy (non-hydrogen) atoms. The first-order valence-corrected chi connectivity index (χ1v) is 10.5. The van der Waals surface area contributed by atoms with Gasteiger partial charge >= 0.3 is 6.18 Å². The second-order valence-corrected chi connectivity index (χ2v) is 7.57. The summed E-state index contributed by atoms with van der Waals surface area (Å²) in [6, 6.07) is 6.78. The highest BCUT2D eigenvalue weighted by Crippen LogP contribution is 2.35. The van der Waals surface area contributed by atoms with E-state index in [1.165, 1.54) is 24.1 Å². The molecule has 2 aromatic heterocycles. The predicted octanol–water partition coefficient (Wildman–Crippen LogP) is 4.20. The fourth-order valence-electron chi connectivity index (χ4n) is 2.79. The standard InChI is InChI=1S/C20H19F4N7OS/c1-31(33-2)18-12(4-3-7-26-18)9-27-17-13(20(22,23)24)10-28-19(30-17)29-15-6-5-11(16(25)32)8-14(15)21/h3-8,10H,9H2,1-2H3,(H2,25,32)(H2,27,28,29,30). The predicted molar refractivity (Wildman–Crippen MR) is 119 cm³/mol. The highest BCUT2D eigenvalue weighted by Gasteiger charge is 2.35. The molecule has 0 aliphatic rings. The Bertz CT molecular complexity index is 1160. The quantitative estimate of drug-likeness (QED) is 0.325. The highest BCUT2D eigenvalue weighted by molar-refractivity contribution is 7.99. The number of hydrogen-bond acceptors (Lipinski definition) is 8. The van der Waals surface area contributed by atoms with E-state index in [0.717, 1.165) is 6.07 Å². The summed E-state index contributed by atoms with van der Waals surface area (Å²) in [5.41, 5.74) is 4.47. The zero-order valence-corrected chi connectivity index (χ0v) is 18.3. The molecule has 0 unspecified atom stereocenters. The van der Waals surface area contributed by atoms with E-state index in [9.17, 15) is 22.4 Å². The number of pyridine rings is 1. The van der Waals surface area contributed by atoms with Crippen LogP contribution in [-0.4, -0.2) is 34.2 Å². The van der Waals surface area contributed by atoms with Crippen LogP contribution in [0.15, 0.2) is 42.7 Å². The molecule has 0 bridgehead atoms. The Morgan fingerprint density at radius 2 is 2.00 bits per heavy atom. The Labute approximate surface area is 190 Å². The summed E-state index contributed by atoms with van der Waals surface area (Å²) >= 11 is 1.39. The van der Waals surface area contributed by atoms with Crippen molar-refractivity contribution in [1.29, 1.82) is 0 Å². The molecule has 2 heterocycles. The summed E-state index contributed by atoms with van der Waals surface area (Å²) in [6.07, 6.45) is -0.697. The number of primary amides is 1. The van der Waals surface area contributed by atoms with Gasteiger partial charge in [-0.05, 0) is 24.3 Å². The van der Waals surface area contributed by atoms with E-state index in [0.29, 0.717) is 17.6 Å². The third-order valence-electron chi connectivity index (χ3n) is 4.48. The summed E-state index contributed by atoms with van der Waals surface area (Å²) < 4.78 is 56.6. The van der Waals surface area contributed by atoms with Crippen molar-refractivity contribution in [3.05, 3.63) is 65.2 Å². The zero-order chi connectivity index (χ0) is 24.2. The normalized spacial score (nSPS) is 11.2. The molecule has 1 amide bonds. The Morgan fingerprint density at radius 1 is 1.24 bits per heavy atom. The number of halogens is 4. The van der Waals surface area contributed by atoms with Crippen molar-refractivity contribution < 1.29 is 22.4 Å². The van der Waals surface area contributed by atoms with Crippen LogP contribution >= 0.6 is 11.9 Å². The van der Waals surface area contributed by atoms with Gasteiger partial charge in [-0.3, -0.25) is 4.79 Å². The minimum absolute atomic E-state index is 0.00469. The van der Waals surface area contributed by atoms with Gasteiger partial charge in [-0.2, -0.15) is 18.2 Å². The number of nitrogens with two attached hydrogens (primary N) is 1. The van der Waals surface area contributed by atoms with Gasteiger partial charge in [0.1, 0.15) is 23.0 Å². The number of nitrogens with one attached hydrogen (secondary N) is 2. The minimum Gasteiger partial charge on any atom is -0.366 e. The third kappa shape index (κ3) is 5.80. The number of anilines is 4. The molecule has 8 nitrogen and oxygen atoms in total. The van der Waals surface area contributed by atoms with Crippen molar-refractivity contribution in [2.24, 2.45) is 5.73 Å². The van der Waals surface area contributed by atoms with Crippen molar-refractivity contribution in [3.63, 3.8) is 0 Å². The summed E-state index contributed by atoms with van der Waals surface area (Å²) in [5, 5.41) is 5.19. The first-order chi connectivity index (χ1) is 15.6. The summed E-state index contributed by atoms with van der Waals surface area (Å²) in [4.78, 5) is 23.0. The molecule has 0 saturated heterocycles. The maximum absolute atomic E-state index is 14.3. The van der Waals surface area contributed by atoms with Crippen molar-refractivity contribution >= 4 is 41.1 Å². The molecular formula is C20H19F4N7OS. The van der Waals surface area contributed by atoms with Crippen LogP contribution in [0.3, 0.4) is 0 Å². The van der Waals surface area contributed by atoms with Gasteiger partial charge in [0.15, 0.2) is 0 Å². The zero-order valence-electron chi connectivity index (χ0n) is 17.4. The van der Waals surface area contributed by atoms with E-state index in [2.05, 4.69) is 25.6 Å². The summed E-state index contributed by atoms with van der Waals surface area (Å²) in [5.74, 6) is -1.85. The molecule has 3 aromatic rings. The largest absolute Gasteiger partial charge is 0.421 e. The van der Waals surface area contributed by atoms with E-state index in [4.69, 9.17) is 5.73 Å². The molecule has 0 atom stereocenters. The Morgan fingerprint density at radius 3 is 2.64 bits per heavy atom. The summed E-state index contributed by atoms with van der Waals surface area (Å²) in [7, 11) is 1.78. The lowest BCUT2D eigenvalue weighted by molar-refractivity contribution is -0.137. The van der Waals surface area contributed by atoms with Gasteiger partial charge < -0.3 is 20.7 Å². The fourth-order valence-corrected chi connectivity index (χ4v) is 3.13. The number of rotatable bonds is 8. The SMILES string of the molecule is CSN(C)c1ncccc1CNc1nc(Nc2ccc(C(N)=O)cc2F)ncc1C(F)(F)F. The molecule has 0 saturated carbocycles. The van der Waals surface area contributed by atoms with E-state index in [-0.39, 0.29) is 23.7 Å². The molecule has 13 heteroatoms. The van der Waals surface area contributed by atoms with E-state index in [1.807, 2.05) is 6.26 Å². The van der Waals surface area contributed by atoms with Crippen LogP contribution in [0.25, 0.3) is 0 Å². The van der Waals surface area contributed by atoms with Crippen LogP contribution in [0.2, 0.25) is 0 Å². The lowest BCUT2D eigenvalue weighted by atomic mass is 10.2. The molecule has 3 rings (SSSR count). The molecule has 0 spiro atoms. The van der Waals surface area contributed by atoms with E-state index in [1.54, 1.807) is 29.7 Å². The number of benzene rings is 1. The van der Waals surface area contributed by atoms with Gasteiger partial charge in [0.25, 0.3) is 0 Å². The fraction of sp³-hybridized carbons (Fsp3) is 0.200. The molecular weight excluding hydrogens is 462 g/mol. The molecule has 0 aliphatic carbocycles. The maximum atomic E-state index is 14.3. The number of aromatic nitrogens is 3. The van der Waals surface area contributed by atoms with Crippen molar-refractivity contribution in [2.75, 3.05) is 28.2 Å². The topological polar surface area (TPSA) is 109 Å². The Hall–Kier alpha value is -3.61. The number of carbonyl (C=O) groups excluding carboxylic acids is 1. The Kier molecular flexibility index (Phi) is 7.21. The van der Waals surface area contributed by atoms with Gasteiger partial charge in [-0.25, -0.2) is 14.4 Å². The molecule has 174 valence electrons. The lowest BCUT2D eigenvalue weighted by Gasteiger charge is -2.19. The number of hydrogen-bond donors (Lipinski definition) is 3. The van der Waals surface area contributed by atoms with Crippen LogP contribution in [0.4, 0.5) is 40.8 Å². The highest BCUT2D eigenvalue weighted by atomic mass is 32.2. The second kappa shape index (κ2) is 9.90. The average Bonchev–Trinajstić information content (AvgIpc) is 2.78.